The zero-order valence-electron chi connectivity index (χ0n) is 11.8. The van der Waals surface area contributed by atoms with Gasteiger partial charge in [0.2, 0.25) is 0 Å². The lowest BCUT2D eigenvalue weighted by Gasteiger charge is -2.15. The largest absolute Gasteiger partial charge is 0.493 e. The third-order valence-electron chi connectivity index (χ3n) is 2.63. The molecule has 0 saturated carbocycles. The van der Waals surface area contributed by atoms with Crippen molar-refractivity contribution in [1.29, 1.82) is 0 Å². The molecule has 3 nitrogen and oxygen atoms in total. The Morgan fingerprint density at radius 3 is 2.58 bits per heavy atom. The highest BCUT2D eigenvalue weighted by molar-refractivity contribution is 6.30. The minimum atomic E-state index is 0. The molecule has 1 rings (SSSR count). The van der Waals surface area contributed by atoms with Crippen molar-refractivity contribution in [2.24, 2.45) is 0 Å². The average Bonchev–Trinajstić information content (AvgIpc) is 2.37. The van der Waals surface area contributed by atoms with Crippen LogP contribution in [0.25, 0.3) is 0 Å². The monoisotopic (exact) mass is 307 g/mol. The first-order valence-electron chi connectivity index (χ1n) is 6.42. The van der Waals surface area contributed by atoms with E-state index in [-0.39, 0.29) is 12.4 Å². The molecule has 0 aliphatic heterocycles. The van der Waals surface area contributed by atoms with Gasteiger partial charge in [0.15, 0.2) is 11.5 Å². The van der Waals surface area contributed by atoms with Gasteiger partial charge in [-0.1, -0.05) is 24.9 Å². The summed E-state index contributed by atoms with van der Waals surface area (Å²) in [6, 6.07) is 3.70. The maximum atomic E-state index is 6.08. The fraction of sp³-hybridized carbons (Fsp3) is 0.571. The van der Waals surface area contributed by atoms with Crippen LogP contribution in [0.3, 0.4) is 0 Å². The maximum absolute atomic E-state index is 6.08. The van der Waals surface area contributed by atoms with Gasteiger partial charge in [0.25, 0.3) is 0 Å². The molecule has 0 aromatic heterocycles. The van der Waals surface area contributed by atoms with Crippen LogP contribution in [0, 0.1) is 0 Å². The standard InChI is InChI=1S/C14H22ClNO2.ClH/c1-4-6-7-16-10-11-8-12(15)9-13(17-3)14(11)18-5-2;/h8-9,16H,4-7,10H2,1-3H3;1H. The quantitative estimate of drug-likeness (QED) is 0.735. The molecule has 0 radical (unpaired) electrons. The number of hydrogen-bond acceptors (Lipinski definition) is 3. The predicted octanol–water partition coefficient (Wildman–Crippen LogP) is 4.06. The number of nitrogens with one attached hydrogen (secondary N) is 1. The summed E-state index contributed by atoms with van der Waals surface area (Å²) in [6.45, 7) is 6.49. The second kappa shape index (κ2) is 10.2. The summed E-state index contributed by atoms with van der Waals surface area (Å²) in [4.78, 5) is 0. The summed E-state index contributed by atoms with van der Waals surface area (Å²) < 4.78 is 11.0. The third kappa shape index (κ3) is 5.89. The maximum Gasteiger partial charge on any atom is 0.165 e. The molecule has 1 aromatic rings. The second-order valence-corrected chi connectivity index (χ2v) is 4.50. The number of benzene rings is 1. The number of halogens is 2. The SMILES string of the molecule is CCCCNCc1cc(Cl)cc(OC)c1OCC.Cl. The number of unbranched alkanes of at least 4 members (excludes halogenated alkanes) is 1. The van der Waals surface area contributed by atoms with Crippen LogP contribution in [0.15, 0.2) is 12.1 Å². The van der Waals surface area contributed by atoms with Gasteiger partial charge < -0.3 is 14.8 Å². The van der Waals surface area contributed by atoms with Crippen molar-refractivity contribution in [1.82, 2.24) is 5.32 Å². The Morgan fingerprint density at radius 1 is 1.26 bits per heavy atom. The van der Waals surface area contributed by atoms with Crippen molar-refractivity contribution in [2.75, 3.05) is 20.3 Å². The highest BCUT2D eigenvalue weighted by atomic mass is 35.5. The summed E-state index contributed by atoms with van der Waals surface area (Å²) in [7, 11) is 1.63. The molecule has 0 amide bonds. The lowest BCUT2D eigenvalue weighted by molar-refractivity contribution is 0.307. The van der Waals surface area contributed by atoms with E-state index in [1.54, 1.807) is 13.2 Å². The van der Waals surface area contributed by atoms with Gasteiger partial charge in [-0.3, -0.25) is 0 Å². The van der Waals surface area contributed by atoms with Gasteiger partial charge in [-0.25, -0.2) is 0 Å². The van der Waals surface area contributed by atoms with E-state index in [9.17, 15) is 0 Å². The van der Waals surface area contributed by atoms with Crippen LogP contribution in [-0.2, 0) is 6.54 Å². The van der Waals surface area contributed by atoms with Crippen molar-refractivity contribution >= 4 is 24.0 Å². The molecule has 0 atom stereocenters. The zero-order chi connectivity index (χ0) is 13.4. The molecule has 0 fully saturated rings. The van der Waals surface area contributed by atoms with Crippen LogP contribution in [0.2, 0.25) is 5.02 Å². The number of ether oxygens (including phenoxy) is 2. The fourth-order valence-corrected chi connectivity index (χ4v) is 1.97. The van der Waals surface area contributed by atoms with Crippen LogP contribution in [-0.4, -0.2) is 20.3 Å². The van der Waals surface area contributed by atoms with E-state index in [1.807, 2.05) is 13.0 Å². The van der Waals surface area contributed by atoms with Crippen molar-refractivity contribution in [2.45, 2.75) is 33.2 Å². The van der Waals surface area contributed by atoms with Crippen LogP contribution in [0.5, 0.6) is 11.5 Å². The van der Waals surface area contributed by atoms with E-state index < -0.39 is 0 Å². The molecule has 5 heteroatoms. The first-order chi connectivity index (χ1) is 8.72. The van der Waals surface area contributed by atoms with Crippen LogP contribution in [0.1, 0.15) is 32.3 Å². The molecule has 0 bridgehead atoms. The molecule has 1 N–H and O–H groups in total. The average molecular weight is 308 g/mol. The Bertz CT molecular complexity index is 373. The Hall–Kier alpha value is -0.640. The molecule has 0 spiro atoms. The molecular formula is C14H23Cl2NO2. The Morgan fingerprint density at radius 2 is 2.00 bits per heavy atom. The van der Waals surface area contributed by atoms with E-state index in [1.165, 1.54) is 12.8 Å². The lowest BCUT2D eigenvalue weighted by Crippen LogP contribution is -2.15. The molecule has 0 saturated heterocycles. The van der Waals surface area contributed by atoms with Gasteiger partial charge in [-0.05, 0) is 26.0 Å². The van der Waals surface area contributed by atoms with Crippen molar-refractivity contribution in [3.05, 3.63) is 22.7 Å². The van der Waals surface area contributed by atoms with Gasteiger partial charge in [-0.15, -0.1) is 12.4 Å². The number of methoxy groups -OCH3 is 1. The highest BCUT2D eigenvalue weighted by Gasteiger charge is 2.12. The first kappa shape index (κ1) is 18.4. The van der Waals surface area contributed by atoms with Crippen molar-refractivity contribution in [3.63, 3.8) is 0 Å². The Balaban J connectivity index is 0.00000324. The normalized spacial score (nSPS) is 9.89. The van der Waals surface area contributed by atoms with Crippen LogP contribution < -0.4 is 14.8 Å². The molecule has 110 valence electrons. The third-order valence-corrected chi connectivity index (χ3v) is 2.85. The minimum absolute atomic E-state index is 0. The molecule has 1 aromatic carbocycles. The summed E-state index contributed by atoms with van der Waals surface area (Å²) in [5, 5.41) is 4.05. The minimum Gasteiger partial charge on any atom is -0.493 e. The Labute approximate surface area is 127 Å². The summed E-state index contributed by atoms with van der Waals surface area (Å²) >= 11 is 6.08. The first-order valence-corrected chi connectivity index (χ1v) is 6.80. The Kier molecular flexibility index (Phi) is 9.84. The van der Waals surface area contributed by atoms with E-state index >= 15 is 0 Å². The van der Waals surface area contributed by atoms with Crippen molar-refractivity contribution < 1.29 is 9.47 Å². The summed E-state index contributed by atoms with van der Waals surface area (Å²) in [5.74, 6) is 1.48. The van der Waals surface area contributed by atoms with Gasteiger partial charge in [0.1, 0.15) is 0 Å². The predicted molar refractivity (Wildman–Crippen MR) is 83.0 cm³/mol. The molecule has 19 heavy (non-hydrogen) atoms. The smallest absolute Gasteiger partial charge is 0.165 e. The number of hydrogen-bond donors (Lipinski definition) is 1. The fourth-order valence-electron chi connectivity index (χ4n) is 1.74. The van der Waals surface area contributed by atoms with Gasteiger partial charge in [0, 0.05) is 23.2 Å². The van der Waals surface area contributed by atoms with E-state index in [0.717, 1.165) is 24.4 Å². The van der Waals surface area contributed by atoms with E-state index in [4.69, 9.17) is 21.1 Å². The van der Waals surface area contributed by atoms with Crippen LogP contribution in [0.4, 0.5) is 0 Å². The highest BCUT2D eigenvalue weighted by Crippen LogP contribution is 2.34. The van der Waals surface area contributed by atoms with E-state index in [0.29, 0.717) is 17.4 Å². The summed E-state index contributed by atoms with van der Waals surface area (Å²) in [5.41, 5.74) is 1.04. The van der Waals surface area contributed by atoms with Gasteiger partial charge >= 0.3 is 0 Å². The number of rotatable bonds is 8. The van der Waals surface area contributed by atoms with Gasteiger partial charge in [0.05, 0.1) is 13.7 Å². The lowest BCUT2D eigenvalue weighted by atomic mass is 10.1. The van der Waals surface area contributed by atoms with E-state index in [2.05, 4.69) is 12.2 Å². The zero-order valence-corrected chi connectivity index (χ0v) is 13.4. The van der Waals surface area contributed by atoms with Crippen LogP contribution >= 0.6 is 24.0 Å². The molecule has 0 heterocycles. The van der Waals surface area contributed by atoms with Crippen molar-refractivity contribution in [3.8, 4) is 11.5 Å². The summed E-state index contributed by atoms with van der Waals surface area (Å²) in [6.07, 6.45) is 2.35. The molecule has 0 aliphatic rings. The van der Waals surface area contributed by atoms with Gasteiger partial charge in [-0.2, -0.15) is 0 Å². The molecule has 0 aliphatic carbocycles. The second-order valence-electron chi connectivity index (χ2n) is 4.06. The topological polar surface area (TPSA) is 30.5 Å². The molecule has 0 unspecified atom stereocenters. The molecular weight excluding hydrogens is 285 g/mol.